The zero-order valence-electron chi connectivity index (χ0n) is 8.94. The van der Waals surface area contributed by atoms with Crippen molar-refractivity contribution < 1.29 is 14.6 Å². The molecule has 4 heteroatoms. The van der Waals surface area contributed by atoms with E-state index in [1.54, 1.807) is 18.2 Å². The molecular weight excluding hydrogens is 228 g/mol. The molecule has 0 spiro atoms. The van der Waals surface area contributed by atoms with Crippen LogP contribution in [0.4, 0.5) is 0 Å². The Hall–Kier alpha value is -1.06. The van der Waals surface area contributed by atoms with Gasteiger partial charge in [0.2, 0.25) is 0 Å². The zero-order valence-corrected chi connectivity index (χ0v) is 9.70. The van der Waals surface area contributed by atoms with Gasteiger partial charge < -0.3 is 9.84 Å². The number of ether oxygens (including phenoxy) is 1. The van der Waals surface area contributed by atoms with E-state index < -0.39 is 12.0 Å². The van der Waals surface area contributed by atoms with Crippen molar-refractivity contribution in [2.45, 2.75) is 24.9 Å². The molecule has 1 saturated carbocycles. The van der Waals surface area contributed by atoms with Gasteiger partial charge in [-0.2, -0.15) is 0 Å². The average molecular weight is 241 g/mol. The summed E-state index contributed by atoms with van der Waals surface area (Å²) in [5.41, 5.74) is 0.613. The molecule has 1 aliphatic rings. The maximum atomic E-state index is 11.7. The number of hydrogen-bond acceptors (Lipinski definition) is 3. The molecule has 0 amide bonds. The fourth-order valence-electron chi connectivity index (χ4n) is 2.18. The van der Waals surface area contributed by atoms with Gasteiger partial charge in [-0.25, -0.2) is 0 Å². The van der Waals surface area contributed by atoms with E-state index in [4.69, 9.17) is 16.3 Å². The molecule has 0 saturated heterocycles. The highest BCUT2D eigenvalue weighted by atomic mass is 35.5. The quantitative estimate of drug-likeness (QED) is 0.862. The normalized spacial score (nSPS) is 24.8. The lowest BCUT2D eigenvalue weighted by molar-refractivity contribution is -0.119. The number of carbonyl (C=O) groups excluding carboxylic acids is 1. The minimum absolute atomic E-state index is 0.0268. The third-order valence-electron chi connectivity index (χ3n) is 2.96. The van der Waals surface area contributed by atoms with Gasteiger partial charge in [0.05, 0.1) is 19.1 Å². The molecule has 86 valence electrons. The molecule has 0 radical (unpaired) electrons. The van der Waals surface area contributed by atoms with E-state index in [9.17, 15) is 9.90 Å². The molecule has 3 nitrogen and oxygen atoms in total. The maximum Gasteiger partial charge on any atom is 0.143 e. The summed E-state index contributed by atoms with van der Waals surface area (Å²) in [6, 6.07) is 5.22. The Morgan fingerprint density at radius 3 is 2.81 bits per heavy atom. The summed E-state index contributed by atoms with van der Waals surface area (Å²) in [7, 11) is 1.53. The first-order valence-electron chi connectivity index (χ1n) is 5.18. The first-order valence-corrected chi connectivity index (χ1v) is 5.56. The fourth-order valence-corrected chi connectivity index (χ4v) is 2.46. The number of rotatable bonds is 2. The van der Waals surface area contributed by atoms with Gasteiger partial charge in [0, 0.05) is 17.0 Å². The monoisotopic (exact) mass is 240 g/mol. The third-order valence-corrected chi connectivity index (χ3v) is 3.29. The highest BCUT2D eigenvalue weighted by Gasteiger charge is 2.37. The molecule has 1 aliphatic carbocycles. The lowest BCUT2D eigenvalue weighted by Gasteiger charge is -2.18. The number of benzene rings is 1. The summed E-state index contributed by atoms with van der Waals surface area (Å²) in [5.74, 6) is 0.0503. The second kappa shape index (κ2) is 4.44. The van der Waals surface area contributed by atoms with Crippen LogP contribution in [0.5, 0.6) is 5.75 Å². The van der Waals surface area contributed by atoms with Gasteiger partial charge in [-0.05, 0) is 18.6 Å². The van der Waals surface area contributed by atoms with Crippen LogP contribution in [0.2, 0.25) is 5.02 Å². The van der Waals surface area contributed by atoms with Gasteiger partial charge in [0.15, 0.2) is 0 Å². The van der Waals surface area contributed by atoms with Crippen LogP contribution in [-0.4, -0.2) is 24.1 Å². The third kappa shape index (κ3) is 1.81. The van der Waals surface area contributed by atoms with Crippen LogP contribution in [-0.2, 0) is 4.79 Å². The Morgan fingerprint density at radius 2 is 2.25 bits per heavy atom. The summed E-state index contributed by atoms with van der Waals surface area (Å²) >= 11 is 6.08. The first-order chi connectivity index (χ1) is 7.65. The Morgan fingerprint density at radius 1 is 1.50 bits per heavy atom. The van der Waals surface area contributed by atoms with Gasteiger partial charge in [0.25, 0.3) is 0 Å². The fraction of sp³-hybridized carbons (Fsp3) is 0.417. The number of aliphatic hydroxyl groups excluding tert-OH is 1. The summed E-state index contributed by atoms with van der Waals surface area (Å²) in [5, 5.41) is 10.3. The average Bonchev–Trinajstić information content (AvgIpc) is 2.59. The molecule has 1 aromatic rings. The summed E-state index contributed by atoms with van der Waals surface area (Å²) in [4.78, 5) is 11.7. The predicted molar refractivity (Wildman–Crippen MR) is 61.0 cm³/mol. The molecule has 1 fully saturated rings. The molecule has 1 aromatic carbocycles. The molecule has 0 heterocycles. The van der Waals surface area contributed by atoms with Gasteiger partial charge in [-0.1, -0.05) is 17.7 Å². The predicted octanol–water partition coefficient (Wildman–Crippen LogP) is 2.16. The van der Waals surface area contributed by atoms with Crippen molar-refractivity contribution in [3.63, 3.8) is 0 Å². The SMILES string of the molecule is COc1cccc(Cl)c1C1C(=O)CCC1O. The topological polar surface area (TPSA) is 46.5 Å². The van der Waals surface area contributed by atoms with E-state index in [0.717, 1.165) is 0 Å². The van der Waals surface area contributed by atoms with Crippen LogP contribution in [0.25, 0.3) is 0 Å². The molecule has 0 aliphatic heterocycles. The van der Waals surface area contributed by atoms with Crippen molar-refractivity contribution in [3.05, 3.63) is 28.8 Å². The Bertz CT molecular complexity index is 417. The highest BCUT2D eigenvalue weighted by Crippen LogP contribution is 2.40. The molecular formula is C12H13ClO3. The maximum absolute atomic E-state index is 11.7. The minimum atomic E-state index is -0.652. The second-order valence-electron chi connectivity index (χ2n) is 3.91. The molecule has 1 N–H and O–H groups in total. The van der Waals surface area contributed by atoms with Crippen LogP contribution in [0.1, 0.15) is 24.3 Å². The number of ketones is 1. The number of methoxy groups -OCH3 is 1. The molecule has 2 rings (SSSR count). The van der Waals surface area contributed by atoms with Crippen LogP contribution in [0.15, 0.2) is 18.2 Å². The zero-order chi connectivity index (χ0) is 11.7. The van der Waals surface area contributed by atoms with E-state index >= 15 is 0 Å². The van der Waals surface area contributed by atoms with Gasteiger partial charge >= 0.3 is 0 Å². The standard InChI is InChI=1S/C12H13ClO3/c1-16-10-4-2-3-7(13)11(10)12-8(14)5-6-9(12)15/h2-4,8,12,14H,5-6H2,1H3. The number of aliphatic hydroxyl groups is 1. The highest BCUT2D eigenvalue weighted by molar-refractivity contribution is 6.32. The minimum Gasteiger partial charge on any atom is -0.496 e. The van der Waals surface area contributed by atoms with Crippen LogP contribution >= 0.6 is 11.6 Å². The van der Waals surface area contributed by atoms with E-state index in [2.05, 4.69) is 0 Å². The van der Waals surface area contributed by atoms with Crippen molar-refractivity contribution in [1.29, 1.82) is 0 Å². The lowest BCUT2D eigenvalue weighted by Crippen LogP contribution is -2.18. The lowest BCUT2D eigenvalue weighted by atomic mass is 9.94. The molecule has 2 atom stereocenters. The Balaban J connectivity index is 2.50. The summed E-state index contributed by atoms with van der Waals surface area (Å²) in [6.45, 7) is 0. The molecule has 2 unspecified atom stereocenters. The van der Waals surface area contributed by atoms with E-state index in [1.807, 2.05) is 0 Å². The number of hydrogen-bond donors (Lipinski definition) is 1. The van der Waals surface area contributed by atoms with E-state index in [0.29, 0.717) is 29.2 Å². The molecule has 0 bridgehead atoms. The van der Waals surface area contributed by atoms with Crippen LogP contribution in [0, 0.1) is 0 Å². The van der Waals surface area contributed by atoms with Gasteiger partial charge in [-0.3, -0.25) is 4.79 Å². The Kier molecular flexibility index (Phi) is 3.17. The smallest absolute Gasteiger partial charge is 0.143 e. The second-order valence-corrected chi connectivity index (χ2v) is 4.31. The molecule has 16 heavy (non-hydrogen) atoms. The van der Waals surface area contributed by atoms with Crippen molar-refractivity contribution in [1.82, 2.24) is 0 Å². The van der Waals surface area contributed by atoms with Crippen molar-refractivity contribution in [3.8, 4) is 5.75 Å². The van der Waals surface area contributed by atoms with Crippen LogP contribution < -0.4 is 4.74 Å². The number of halogens is 1. The van der Waals surface area contributed by atoms with Gasteiger partial charge in [-0.15, -0.1) is 0 Å². The number of carbonyl (C=O) groups is 1. The van der Waals surface area contributed by atoms with Crippen molar-refractivity contribution >= 4 is 17.4 Å². The van der Waals surface area contributed by atoms with Crippen molar-refractivity contribution in [2.24, 2.45) is 0 Å². The van der Waals surface area contributed by atoms with Crippen LogP contribution in [0.3, 0.4) is 0 Å². The summed E-state index contributed by atoms with van der Waals surface area (Å²) in [6.07, 6.45) is 0.249. The Labute approximate surface area is 99.0 Å². The number of Topliss-reactive ketones (excluding diaryl/α,β-unsaturated/α-hetero) is 1. The van der Waals surface area contributed by atoms with Crippen molar-refractivity contribution in [2.75, 3.05) is 7.11 Å². The largest absolute Gasteiger partial charge is 0.496 e. The van der Waals surface area contributed by atoms with Gasteiger partial charge in [0.1, 0.15) is 11.5 Å². The van der Waals surface area contributed by atoms with E-state index in [1.165, 1.54) is 7.11 Å². The summed E-state index contributed by atoms with van der Waals surface area (Å²) < 4.78 is 5.19. The molecule has 0 aromatic heterocycles. The van der Waals surface area contributed by atoms with E-state index in [-0.39, 0.29) is 5.78 Å². The first kappa shape index (κ1) is 11.4.